The minimum atomic E-state index is -0.832. The molecule has 2 nitrogen and oxygen atoms in total. The van der Waals surface area contributed by atoms with Crippen molar-refractivity contribution in [1.82, 2.24) is 0 Å². The normalized spacial score (nSPS) is 10.4. The molecule has 0 atom stereocenters. The average Bonchev–Trinajstić information content (AvgIpc) is 2.43. The highest BCUT2D eigenvalue weighted by molar-refractivity contribution is 5.98. The first kappa shape index (κ1) is 14.2. The van der Waals surface area contributed by atoms with Crippen molar-refractivity contribution < 1.29 is 18.3 Å². The van der Waals surface area contributed by atoms with Crippen LogP contribution >= 0.6 is 0 Å². The molecular formula is C16H14F2O2. The largest absolute Gasteiger partial charge is 0.497 e. The number of ketones is 1. The summed E-state index contributed by atoms with van der Waals surface area (Å²) in [7, 11) is 1.51. The molecule has 0 radical (unpaired) electrons. The van der Waals surface area contributed by atoms with E-state index in [1.165, 1.54) is 20.1 Å². The number of Topliss-reactive ketones (excluding diaryl/α,β-unsaturated/α-hetero) is 1. The van der Waals surface area contributed by atoms with Gasteiger partial charge >= 0.3 is 0 Å². The third kappa shape index (κ3) is 2.85. The van der Waals surface area contributed by atoms with Gasteiger partial charge in [-0.15, -0.1) is 0 Å². The van der Waals surface area contributed by atoms with Gasteiger partial charge in [0.25, 0.3) is 0 Å². The number of carbonyl (C=O) groups is 1. The van der Waals surface area contributed by atoms with Gasteiger partial charge in [0.05, 0.1) is 12.7 Å². The predicted molar refractivity (Wildman–Crippen MR) is 72.1 cm³/mol. The van der Waals surface area contributed by atoms with Crippen molar-refractivity contribution in [2.45, 2.75) is 13.3 Å². The summed E-state index contributed by atoms with van der Waals surface area (Å²) in [6.07, 6.45) is -0.0749. The molecule has 2 aromatic carbocycles. The Morgan fingerprint density at radius 2 is 1.95 bits per heavy atom. The Morgan fingerprint density at radius 1 is 1.20 bits per heavy atom. The molecule has 0 saturated carbocycles. The van der Waals surface area contributed by atoms with Crippen LogP contribution in [0.2, 0.25) is 0 Å². The Hall–Kier alpha value is -2.23. The van der Waals surface area contributed by atoms with Crippen molar-refractivity contribution in [2.75, 3.05) is 7.11 Å². The van der Waals surface area contributed by atoms with Gasteiger partial charge in [0.15, 0.2) is 5.78 Å². The third-order valence-electron chi connectivity index (χ3n) is 3.06. The van der Waals surface area contributed by atoms with Crippen molar-refractivity contribution in [3.63, 3.8) is 0 Å². The summed E-state index contributed by atoms with van der Waals surface area (Å²) in [6.45, 7) is 1.50. The summed E-state index contributed by atoms with van der Waals surface area (Å²) in [5, 5.41) is 0. The lowest BCUT2D eigenvalue weighted by Crippen LogP contribution is -2.10. The Labute approximate surface area is 116 Å². The zero-order valence-electron chi connectivity index (χ0n) is 11.2. The molecule has 0 aliphatic carbocycles. The van der Waals surface area contributed by atoms with E-state index in [-0.39, 0.29) is 12.0 Å². The standard InChI is InChI=1S/C16H14F2O2/c1-10-6-7-13(17)15(16(10)18)14(19)9-11-4-3-5-12(8-11)20-2/h3-8H,9H2,1-2H3. The summed E-state index contributed by atoms with van der Waals surface area (Å²) in [6, 6.07) is 9.27. The van der Waals surface area contributed by atoms with Crippen LogP contribution in [0.15, 0.2) is 36.4 Å². The van der Waals surface area contributed by atoms with Crippen LogP contribution in [0, 0.1) is 18.6 Å². The number of aryl methyl sites for hydroxylation is 1. The fourth-order valence-corrected chi connectivity index (χ4v) is 1.97. The fraction of sp³-hybridized carbons (Fsp3) is 0.188. The fourth-order valence-electron chi connectivity index (χ4n) is 1.97. The van der Waals surface area contributed by atoms with E-state index in [4.69, 9.17) is 4.74 Å². The second-order valence-corrected chi connectivity index (χ2v) is 4.50. The molecule has 0 bridgehead atoms. The molecule has 2 rings (SSSR count). The monoisotopic (exact) mass is 276 g/mol. The van der Waals surface area contributed by atoms with Gasteiger partial charge in [-0.3, -0.25) is 4.79 Å². The molecule has 2 aromatic rings. The van der Waals surface area contributed by atoms with Crippen LogP contribution in [0.5, 0.6) is 5.75 Å². The maximum Gasteiger partial charge on any atom is 0.173 e. The molecule has 104 valence electrons. The van der Waals surface area contributed by atoms with Crippen LogP contribution in [-0.4, -0.2) is 12.9 Å². The van der Waals surface area contributed by atoms with Crippen LogP contribution in [0.1, 0.15) is 21.5 Å². The zero-order valence-corrected chi connectivity index (χ0v) is 11.2. The van der Waals surface area contributed by atoms with Crippen molar-refractivity contribution in [3.8, 4) is 5.75 Å². The zero-order chi connectivity index (χ0) is 14.7. The van der Waals surface area contributed by atoms with E-state index in [1.54, 1.807) is 24.3 Å². The molecular weight excluding hydrogens is 262 g/mol. The second kappa shape index (κ2) is 5.82. The number of carbonyl (C=O) groups excluding carboxylic acids is 1. The maximum atomic E-state index is 13.9. The lowest BCUT2D eigenvalue weighted by molar-refractivity contribution is 0.0984. The van der Waals surface area contributed by atoms with Crippen molar-refractivity contribution in [2.24, 2.45) is 0 Å². The molecule has 0 spiro atoms. The summed E-state index contributed by atoms with van der Waals surface area (Å²) in [4.78, 5) is 12.1. The quantitative estimate of drug-likeness (QED) is 0.796. The van der Waals surface area contributed by atoms with Crippen LogP contribution in [0.25, 0.3) is 0 Å². The Bertz CT molecular complexity index is 651. The number of methoxy groups -OCH3 is 1. The van der Waals surface area contributed by atoms with Crippen molar-refractivity contribution in [1.29, 1.82) is 0 Å². The van der Waals surface area contributed by atoms with Crippen molar-refractivity contribution >= 4 is 5.78 Å². The van der Waals surface area contributed by atoms with Gasteiger partial charge in [-0.25, -0.2) is 8.78 Å². The van der Waals surface area contributed by atoms with Crippen LogP contribution in [-0.2, 0) is 6.42 Å². The lowest BCUT2D eigenvalue weighted by Gasteiger charge is -2.07. The molecule has 4 heteroatoms. The topological polar surface area (TPSA) is 26.3 Å². The first-order valence-electron chi connectivity index (χ1n) is 6.13. The molecule has 0 fully saturated rings. The van der Waals surface area contributed by atoms with Gasteiger partial charge in [0.1, 0.15) is 17.4 Å². The Kier molecular flexibility index (Phi) is 4.13. The van der Waals surface area contributed by atoms with Gasteiger partial charge in [-0.1, -0.05) is 18.2 Å². The van der Waals surface area contributed by atoms with E-state index in [0.717, 1.165) is 6.07 Å². The summed E-state index contributed by atoms with van der Waals surface area (Å²) in [5.74, 6) is -1.61. The van der Waals surface area contributed by atoms with Crippen LogP contribution in [0.3, 0.4) is 0 Å². The van der Waals surface area contributed by atoms with E-state index in [9.17, 15) is 13.6 Å². The number of hydrogen-bond donors (Lipinski definition) is 0. The first-order valence-corrected chi connectivity index (χ1v) is 6.13. The van der Waals surface area contributed by atoms with E-state index >= 15 is 0 Å². The van der Waals surface area contributed by atoms with E-state index in [0.29, 0.717) is 11.3 Å². The lowest BCUT2D eigenvalue weighted by atomic mass is 10.00. The minimum absolute atomic E-state index is 0.0749. The van der Waals surface area contributed by atoms with E-state index < -0.39 is 23.0 Å². The van der Waals surface area contributed by atoms with Gasteiger partial charge < -0.3 is 4.74 Å². The third-order valence-corrected chi connectivity index (χ3v) is 3.06. The molecule has 0 aliphatic heterocycles. The number of rotatable bonds is 4. The number of hydrogen-bond acceptors (Lipinski definition) is 2. The molecule has 0 saturated heterocycles. The highest BCUT2D eigenvalue weighted by atomic mass is 19.1. The van der Waals surface area contributed by atoms with Gasteiger partial charge in [-0.05, 0) is 36.2 Å². The van der Waals surface area contributed by atoms with Crippen LogP contribution < -0.4 is 4.74 Å². The average molecular weight is 276 g/mol. The molecule has 0 heterocycles. The highest BCUT2D eigenvalue weighted by Crippen LogP contribution is 2.20. The van der Waals surface area contributed by atoms with Crippen molar-refractivity contribution in [3.05, 3.63) is 64.7 Å². The summed E-state index contributed by atoms with van der Waals surface area (Å²) in [5.41, 5.74) is 0.419. The predicted octanol–water partition coefficient (Wildman–Crippen LogP) is 3.71. The molecule has 0 aliphatic rings. The molecule has 0 aromatic heterocycles. The SMILES string of the molecule is COc1cccc(CC(=O)c2c(F)ccc(C)c2F)c1. The molecule has 0 unspecified atom stereocenters. The smallest absolute Gasteiger partial charge is 0.173 e. The van der Waals surface area contributed by atoms with Gasteiger partial charge in [0.2, 0.25) is 0 Å². The Morgan fingerprint density at radius 3 is 2.65 bits per heavy atom. The first-order chi connectivity index (χ1) is 9.52. The highest BCUT2D eigenvalue weighted by Gasteiger charge is 2.19. The number of benzene rings is 2. The molecule has 0 N–H and O–H groups in total. The van der Waals surface area contributed by atoms with Gasteiger partial charge in [0, 0.05) is 6.42 Å². The minimum Gasteiger partial charge on any atom is -0.497 e. The Balaban J connectivity index is 2.31. The summed E-state index contributed by atoms with van der Waals surface area (Å²) < 4.78 is 32.6. The maximum absolute atomic E-state index is 13.9. The van der Waals surface area contributed by atoms with Gasteiger partial charge in [-0.2, -0.15) is 0 Å². The number of ether oxygens (including phenoxy) is 1. The number of halogens is 2. The summed E-state index contributed by atoms with van der Waals surface area (Å²) >= 11 is 0. The van der Waals surface area contributed by atoms with Crippen LogP contribution in [0.4, 0.5) is 8.78 Å². The second-order valence-electron chi connectivity index (χ2n) is 4.50. The van der Waals surface area contributed by atoms with E-state index in [1.807, 2.05) is 0 Å². The molecule has 0 amide bonds. The van der Waals surface area contributed by atoms with E-state index in [2.05, 4.69) is 0 Å². The molecule has 20 heavy (non-hydrogen) atoms.